The largest absolute Gasteiger partial charge is 0.398 e. The zero-order chi connectivity index (χ0) is 14.5. The highest BCUT2D eigenvalue weighted by Crippen LogP contribution is 2.22. The highest BCUT2D eigenvalue weighted by molar-refractivity contribution is 6.00. The fourth-order valence-electron chi connectivity index (χ4n) is 2.05. The zero-order valence-electron chi connectivity index (χ0n) is 12.0. The molecule has 0 unspecified atom stereocenters. The number of nitrogens with one attached hydrogen (secondary N) is 1. The number of hydrogen-bond donors (Lipinski definition) is 3. The van der Waals surface area contributed by atoms with Gasteiger partial charge >= 0.3 is 0 Å². The predicted molar refractivity (Wildman–Crippen MR) is 78.0 cm³/mol. The molecular formula is C15H24N2O2. The van der Waals surface area contributed by atoms with Crippen LogP contribution in [0.3, 0.4) is 0 Å². The smallest absolute Gasteiger partial charge is 0.253 e. The Morgan fingerprint density at radius 2 is 2.11 bits per heavy atom. The first-order valence-electron chi connectivity index (χ1n) is 6.61. The Bertz CT molecular complexity index is 422. The summed E-state index contributed by atoms with van der Waals surface area (Å²) < 4.78 is 0. The van der Waals surface area contributed by atoms with Crippen molar-refractivity contribution in [3.63, 3.8) is 0 Å². The van der Waals surface area contributed by atoms with Gasteiger partial charge in [0.15, 0.2) is 0 Å². The number of benzene rings is 1. The van der Waals surface area contributed by atoms with Crippen LogP contribution in [-0.4, -0.2) is 24.2 Å². The second-order valence-electron chi connectivity index (χ2n) is 5.71. The number of aliphatic hydroxyl groups is 1. The van der Waals surface area contributed by atoms with Crippen LogP contribution in [0.2, 0.25) is 0 Å². The Morgan fingerprint density at radius 1 is 1.42 bits per heavy atom. The number of aliphatic hydroxyl groups excluding tert-OH is 1. The third-order valence-corrected chi connectivity index (χ3v) is 3.27. The number of hydrogen-bond acceptors (Lipinski definition) is 3. The molecule has 19 heavy (non-hydrogen) atoms. The summed E-state index contributed by atoms with van der Waals surface area (Å²) in [6.45, 7) is 6.78. The van der Waals surface area contributed by atoms with Crippen LogP contribution >= 0.6 is 0 Å². The summed E-state index contributed by atoms with van der Waals surface area (Å²) in [4.78, 5) is 12.2. The summed E-state index contributed by atoms with van der Waals surface area (Å²) in [5.74, 6) is -0.132. The van der Waals surface area contributed by atoms with E-state index in [-0.39, 0.29) is 17.9 Å². The standard InChI is InChI=1S/C15H24N2O2/c1-11-6-4-7-12(16)13(11)14(19)17-10-15(2,3)8-5-9-18/h4,6-7,18H,5,8-10,16H2,1-3H3,(H,17,19). The van der Waals surface area contributed by atoms with Gasteiger partial charge in [0.25, 0.3) is 5.91 Å². The molecule has 0 bridgehead atoms. The number of anilines is 1. The molecule has 0 aliphatic heterocycles. The highest BCUT2D eigenvalue weighted by atomic mass is 16.2. The number of carbonyl (C=O) groups excluding carboxylic acids is 1. The molecule has 0 spiro atoms. The van der Waals surface area contributed by atoms with Gasteiger partial charge in [0.2, 0.25) is 0 Å². The van der Waals surface area contributed by atoms with Crippen LogP contribution in [-0.2, 0) is 0 Å². The molecule has 4 heteroatoms. The van der Waals surface area contributed by atoms with Crippen LogP contribution < -0.4 is 11.1 Å². The zero-order valence-corrected chi connectivity index (χ0v) is 12.0. The molecule has 1 aromatic carbocycles. The molecule has 0 aromatic heterocycles. The molecule has 0 radical (unpaired) electrons. The molecule has 106 valence electrons. The van der Waals surface area contributed by atoms with Crippen molar-refractivity contribution in [3.05, 3.63) is 29.3 Å². The van der Waals surface area contributed by atoms with Crippen molar-refractivity contribution < 1.29 is 9.90 Å². The summed E-state index contributed by atoms with van der Waals surface area (Å²) in [7, 11) is 0. The van der Waals surface area contributed by atoms with Crippen LogP contribution in [0.1, 0.15) is 42.6 Å². The summed E-state index contributed by atoms with van der Waals surface area (Å²) in [6.07, 6.45) is 1.61. The molecule has 0 aliphatic rings. The lowest BCUT2D eigenvalue weighted by molar-refractivity contribution is 0.0933. The topological polar surface area (TPSA) is 75.4 Å². The van der Waals surface area contributed by atoms with E-state index < -0.39 is 0 Å². The number of aryl methyl sites for hydroxylation is 1. The molecule has 1 rings (SSSR count). The maximum absolute atomic E-state index is 12.2. The first kappa shape index (κ1) is 15.5. The molecule has 4 N–H and O–H groups in total. The van der Waals surface area contributed by atoms with E-state index in [4.69, 9.17) is 10.8 Å². The van der Waals surface area contributed by atoms with Crippen molar-refractivity contribution in [1.29, 1.82) is 0 Å². The van der Waals surface area contributed by atoms with E-state index in [1.807, 2.05) is 19.1 Å². The fourth-order valence-corrected chi connectivity index (χ4v) is 2.05. The van der Waals surface area contributed by atoms with Crippen molar-refractivity contribution in [2.75, 3.05) is 18.9 Å². The summed E-state index contributed by atoms with van der Waals surface area (Å²) in [6, 6.07) is 5.45. The lowest BCUT2D eigenvalue weighted by Crippen LogP contribution is -2.34. The third kappa shape index (κ3) is 4.56. The average molecular weight is 264 g/mol. The monoisotopic (exact) mass is 264 g/mol. The Morgan fingerprint density at radius 3 is 2.68 bits per heavy atom. The molecule has 0 saturated heterocycles. The van der Waals surface area contributed by atoms with Crippen molar-refractivity contribution in [2.24, 2.45) is 5.41 Å². The van der Waals surface area contributed by atoms with Crippen LogP contribution in [0.4, 0.5) is 5.69 Å². The van der Waals surface area contributed by atoms with Gasteiger partial charge in [-0.05, 0) is 36.8 Å². The first-order chi connectivity index (χ1) is 8.87. The van der Waals surface area contributed by atoms with Crippen molar-refractivity contribution in [3.8, 4) is 0 Å². The number of nitrogens with two attached hydrogens (primary N) is 1. The van der Waals surface area contributed by atoms with Crippen molar-refractivity contribution >= 4 is 11.6 Å². The molecule has 4 nitrogen and oxygen atoms in total. The van der Waals surface area contributed by atoms with Gasteiger partial charge in [-0.1, -0.05) is 26.0 Å². The van der Waals surface area contributed by atoms with E-state index in [1.165, 1.54) is 0 Å². The van der Waals surface area contributed by atoms with Gasteiger partial charge in [-0.15, -0.1) is 0 Å². The molecule has 1 amide bonds. The Hall–Kier alpha value is -1.55. The third-order valence-electron chi connectivity index (χ3n) is 3.27. The van der Waals surface area contributed by atoms with Crippen LogP contribution in [0.5, 0.6) is 0 Å². The second kappa shape index (κ2) is 6.57. The van der Waals surface area contributed by atoms with E-state index in [1.54, 1.807) is 6.07 Å². The normalized spacial score (nSPS) is 11.4. The van der Waals surface area contributed by atoms with Gasteiger partial charge in [0.05, 0.1) is 5.56 Å². The Kier molecular flexibility index (Phi) is 5.36. The van der Waals surface area contributed by atoms with E-state index in [9.17, 15) is 4.79 Å². The van der Waals surface area contributed by atoms with Gasteiger partial charge in [-0.2, -0.15) is 0 Å². The van der Waals surface area contributed by atoms with E-state index in [0.717, 1.165) is 18.4 Å². The molecule has 0 fully saturated rings. The average Bonchev–Trinajstić information content (AvgIpc) is 2.34. The van der Waals surface area contributed by atoms with Crippen molar-refractivity contribution in [2.45, 2.75) is 33.6 Å². The number of rotatable bonds is 6. The Labute approximate surface area is 115 Å². The minimum atomic E-state index is -0.132. The minimum Gasteiger partial charge on any atom is -0.398 e. The van der Waals surface area contributed by atoms with Gasteiger partial charge in [-0.3, -0.25) is 4.79 Å². The maximum Gasteiger partial charge on any atom is 0.253 e. The van der Waals surface area contributed by atoms with Crippen LogP contribution in [0, 0.1) is 12.3 Å². The second-order valence-corrected chi connectivity index (χ2v) is 5.71. The molecule has 1 aromatic rings. The number of nitrogen functional groups attached to an aromatic ring is 1. The minimum absolute atomic E-state index is 0.0319. The predicted octanol–water partition coefficient (Wildman–Crippen LogP) is 2.11. The van der Waals surface area contributed by atoms with Gasteiger partial charge < -0.3 is 16.2 Å². The summed E-state index contributed by atoms with van der Waals surface area (Å²) in [5, 5.41) is 11.8. The quantitative estimate of drug-likeness (QED) is 0.689. The SMILES string of the molecule is Cc1cccc(N)c1C(=O)NCC(C)(C)CCCO. The highest BCUT2D eigenvalue weighted by Gasteiger charge is 2.20. The fraction of sp³-hybridized carbons (Fsp3) is 0.533. The summed E-state index contributed by atoms with van der Waals surface area (Å²) in [5.41, 5.74) is 7.76. The lowest BCUT2D eigenvalue weighted by Gasteiger charge is -2.25. The molecule has 0 saturated carbocycles. The van der Waals surface area contributed by atoms with Crippen LogP contribution in [0.15, 0.2) is 18.2 Å². The number of amides is 1. The molecular weight excluding hydrogens is 240 g/mol. The first-order valence-corrected chi connectivity index (χ1v) is 6.61. The molecule has 0 heterocycles. The summed E-state index contributed by atoms with van der Waals surface area (Å²) >= 11 is 0. The molecule has 0 aliphatic carbocycles. The van der Waals surface area contributed by atoms with E-state index in [0.29, 0.717) is 17.8 Å². The van der Waals surface area contributed by atoms with E-state index in [2.05, 4.69) is 19.2 Å². The van der Waals surface area contributed by atoms with Crippen LogP contribution in [0.25, 0.3) is 0 Å². The van der Waals surface area contributed by atoms with Gasteiger partial charge in [0, 0.05) is 18.8 Å². The Balaban J connectivity index is 2.66. The lowest BCUT2D eigenvalue weighted by atomic mass is 9.88. The maximum atomic E-state index is 12.2. The van der Waals surface area contributed by atoms with Gasteiger partial charge in [-0.25, -0.2) is 0 Å². The molecule has 0 atom stereocenters. The van der Waals surface area contributed by atoms with Crippen molar-refractivity contribution in [1.82, 2.24) is 5.32 Å². The van der Waals surface area contributed by atoms with Gasteiger partial charge in [0.1, 0.15) is 0 Å². The number of carbonyl (C=O) groups is 1. The van der Waals surface area contributed by atoms with E-state index >= 15 is 0 Å².